The van der Waals surface area contributed by atoms with Crippen molar-refractivity contribution in [3.05, 3.63) is 10.9 Å². The van der Waals surface area contributed by atoms with Gasteiger partial charge in [0.2, 0.25) is 0 Å². The maximum absolute atomic E-state index is 2.37. The Labute approximate surface area is 71.6 Å². The van der Waals surface area contributed by atoms with Gasteiger partial charge in [0.1, 0.15) is 0 Å². The van der Waals surface area contributed by atoms with Crippen molar-refractivity contribution >= 4 is 13.4 Å². The predicted molar refractivity (Wildman–Crippen MR) is 55.7 cm³/mol. The summed E-state index contributed by atoms with van der Waals surface area (Å²) in [5, 5.41) is 0. The van der Waals surface area contributed by atoms with Gasteiger partial charge in [-0.3, -0.25) is 0 Å². The fraction of sp³-hybridized carbons (Fsp3) is 0.778. The van der Waals surface area contributed by atoms with Crippen LogP contribution in [0.5, 0.6) is 0 Å². The third kappa shape index (κ3) is 1.55. The highest BCUT2D eigenvalue weighted by atomic mass is 14.0. The molecule has 0 aromatic rings. The second kappa shape index (κ2) is 3.51. The minimum Gasteiger partial charge on any atom is -0.112 e. The first-order chi connectivity index (χ1) is 5.20. The van der Waals surface area contributed by atoms with Gasteiger partial charge in [-0.05, 0) is 12.8 Å². The number of rotatable bonds is 2. The molecule has 1 heterocycles. The van der Waals surface area contributed by atoms with Crippen molar-refractivity contribution in [2.75, 3.05) is 0 Å². The van der Waals surface area contributed by atoms with Crippen LogP contribution in [-0.2, 0) is 0 Å². The Hall–Kier alpha value is -0.130. The molecular formula is C9H18B2. The highest BCUT2D eigenvalue weighted by molar-refractivity contribution is 6.89. The van der Waals surface area contributed by atoms with Crippen LogP contribution in [0.15, 0.2) is 10.9 Å². The van der Waals surface area contributed by atoms with Gasteiger partial charge in [-0.2, -0.15) is 0 Å². The van der Waals surface area contributed by atoms with Gasteiger partial charge in [0.05, 0.1) is 0 Å². The summed E-state index contributed by atoms with van der Waals surface area (Å²) in [7, 11) is 0. The van der Waals surface area contributed by atoms with Crippen LogP contribution in [-0.4, -0.2) is 13.4 Å². The molecule has 11 heavy (non-hydrogen) atoms. The summed E-state index contributed by atoms with van der Waals surface area (Å²) in [4.78, 5) is 0. The zero-order chi connectivity index (χ0) is 8.43. The molecule has 0 amide bonds. The average Bonchev–Trinajstić information content (AvgIpc) is 2.24. The molecule has 0 unspecified atom stereocenters. The molecule has 0 atom stereocenters. The molecule has 0 radical (unpaired) electrons. The van der Waals surface area contributed by atoms with E-state index >= 15 is 0 Å². The van der Waals surface area contributed by atoms with Crippen LogP contribution >= 0.6 is 0 Å². The maximum atomic E-state index is 2.37. The van der Waals surface area contributed by atoms with Crippen LogP contribution in [0.1, 0.15) is 26.7 Å². The largest absolute Gasteiger partial charge is 0.159 e. The van der Waals surface area contributed by atoms with E-state index in [2.05, 4.69) is 27.5 Å². The van der Waals surface area contributed by atoms with E-state index in [4.69, 9.17) is 0 Å². The van der Waals surface area contributed by atoms with Crippen molar-refractivity contribution in [3.8, 4) is 0 Å². The molecule has 0 aromatic carbocycles. The molecule has 1 rings (SSSR count). The van der Waals surface area contributed by atoms with E-state index in [-0.39, 0.29) is 0 Å². The molecule has 0 aromatic heterocycles. The van der Waals surface area contributed by atoms with Crippen LogP contribution < -0.4 is 0 Å². The molecule has 0 bridgehead atoms. The zero-order valence-electron chi connectivity index (χ0n) is 8.28. The summed E-state index contributed by atoms with van der Waals surface area (Å²) in [6.07, 6.45) is 3.94. The Kier molecular flexibility index (Phi) is 2.86. The van der Waals surface area contributed by atoms with Crippen molar-refractivity contribution < 1.29 is 0 Å². The molecule has 0 nitrogen and oxygen atoms in total. The van der Waals surface area contributed by atoms with E-state index in [0.717, 1.165) is 13.4 Å². The Balaban J connectivity index is 2.83. The first-order valence-corrected chi connectivity index (χ1v) is 4.92. The van der Waals surface area contributed by atoms with Gasteiger partial charge in [0, 0.05) is 0 Å². The molecule has 0 N–H and O–H groups in total. The van der Waals surface area contributed by atoms with E-state index in [1.807, 2.05) is 0 Å². The summed E-state index contributed by atoms with van der Waals surface area (Å²) < 4.78 is 0. The average molecular weight is 148 g/mol. The molecular weight excluding hydrogens is 130 g/mol. The Morgan fingerprint density at radius 3 is 1.64 bits per heavy atom. The summed E-state index contributed by atoms with van der Waals surface area (Å²) in [5.74, 6) is 0. The lowest BCUT2D eigenvalue weighted by Gasteiger charge is -2.06. The van der Waals surface area contributed by atoms with E-state index in [0.29, 0.717) is 0 Å². The second-order valence-corrected chi connectivity index (χ2v) is 3.80. The monoisotopic (exact) mass is 148 g/mol. The fourth-order valence-corrected chi connectivity index (χ4v) is 2.60. The minimum absolute atomic E-state index is 0.866. The topological polar surface area (TPSA) is 0 Å². The predicted octanol–water partition coefficient (Wildman–Crippen LogP) is 2.98. The standard InChI is InChI=1S/C9H18B2/c1-5-8-9(6-2)11(4)7-10(8)3/h5-7H2,1-4H3. The third-order valence-corrected chi connectivity index (χ3v) is 3.07. The van der Waals surface area contributed by atoms with E-state index in [9.17, 15) is 0 Å². The van der Waals surface area contributed by atoms with Crippen molar-refractivity contribution in [2.24, 2.45) is 0 Å². The van der Waals surface area contributed by atoms with Crippen molar-refractivity contribution in [1.29, 1.82) is 0 Å². The highest BCUT2D eigenvalue weighted by Crippen LogP contribution is 2.29. The Morgan fingerprint density at radius 2 is 1.36 bits per heavy atom. The summed E-state index contributed by atoms with van der Waals surface area (Å²) >= 11 is 0. The van der Waals surface area contributed by atoms with Crippen LogP contribution in [0.3, 0.4) is 0 Å². The van der Waals surface area contributed by atoms with Crippen LogP contribution in [0.25, 0.3) is 0 Å². The SMILES string of the molecule is CCC1=C(CC)B(C)CB1C. The lowest BCUT2D eigenvalue weighted by atomic mass is 9.35. The van der Waals surface area contributed by atoms with Crippen molar-refractivity contribution in [1.82, 2.24) is 0 Å². The molecule has 1 aliphatic rings. The Bertz CT molecular complexity index is 154. The van der Waals surface area contributed by atoms with Crippen molar-refractivity contribution in [2.45, 2.75) is 46.6 Å². The second-order valence-electron chi connectivity index (χ2n) is 3.80. The third-order valence-electron chi connectivity index (χ3n) is 3.07. The van der Waals surface area contributed by atoms with E-state index < -0.39 is 0 Å². The number of hydrogen-bond donors (Lipinski definition) is 0. The first-order valence-electron chi connectivity index (χ1n) is 4.92. The van der Waals surface area contributed by atoms with Gasteiger partial charge in [0.25, 0.3) is 0 Å². The summed E-state index contributed by atoms with van der Waals surface area (Å²) in [5.41, 5.74) is 3.50. The molecule has 0 aliphatic carbocycles. The van der Waals surface area contributed by atoms with Gasteiger partial charge < -0.3 is 0 Å². The molecule has 0 spiro atoms. The van der Waals surface area contributed by atoms with Crippen molar-refractivity contribution in [3.63, 3.8) is 0 Å². The van der Waals surface area contributed by atoms with Gasteiger partial charge in [-0.25, -0.2) is 0 Å². The number of allylic oxidation sites excluding steroid dienone is 2. The lowest BCUT2D eigenvalue weighted by molar-refractivity contribution is 1.10. The summed E-state index contributed by atoms with van der Waals surface area (Å²) in [6.45, 7) is 11.1. The van der Waals surface area contributed by atoms with Crippen LogP contribution in [0, 0.1) is 0 Å². The molecule has 1 aliphatic heterocycles. The van der Waals surface area contributed by atoms with E-state index in [1.165, 1.54) is 19.1 Å². The maximum Gasteiger partial charge on any atom is 0.159 e. The molecule has 60 valence electrons. The van der Waals surface area contributed by atoms with Gasteiger partial charge in [-0.15, -0.1) is 10.9 Å². The summed E-state index contributed by atoms with van der Waals surface area (Å²) in [6, 6.07) is 0. The van der Waals surface area contributed by atoms with E-state index in [1.54, 1.807) is 10.9 Å². The van der Waals surface area contributed by atoms with Gasteiger partial charge in [0.15, 0.2) is 13.4 Å². The normalized spacial score (nSPS) is 18.5. The molecule has 0 saturated carbocycles. The molecule has 2 heteroatoms. The lowest BCUT2D eigenvalue weighted by Crippen LogP contribution is -2.09. The van der Waals surface area contributed by atoms with Crippen LogP contribution in [0.2, 0.25) is 19.9 Å². The first kappa shape index (κ1) is 8.96. The number of hydrogen-bond acceptors (Lipinski definition) is 0. The molecule has 0 fully saturated rings. The quantitative estimate of drug-likeness (QED) is 0.527. The van der Waals surface area contributed by atoms with Gasteiger partial charge >= 0.3 is 0 Å². The van der Waals surface area contributed by atoms with Gasteiger partial charge in [-0.1, -0.05) is 33.7 Å². The highest BCUT2D eigenvalue weighted by Gasteiger charge is 2.29. The minimum atomic E-state index is 0.866. The zero-order valence-corrected chi connectivity index (χ0v) is 8.28. The fourth-order valence-electron chi connectivity index (χ4n) is 2.60. The Morgan fingerprint density at radius 1 is 1.00 bits per heavy atom. The smallest absolute Gasteiger partial charge is 0.112 e. The molecule has 0 saturated heterocycles. The van der Waals surface area contributed by atoms with Crippen LogP contribution in [0.4, 0.5) is 0 Å².